The molecule has 0 aliphatic rings. The number of hydrogen-bond donors (Lipinski definition) is 1. The first-order chi connectivity index (χ1) is 7.86. The van der Waals surface area contributed by atoms with Crippen LogP contribution in [-0.4, -0.2) is 0 Å². The highest BCUT2D eigenvalue weighted by molar-refractivity contribution is 7.17. The summed E-state index contributed by atoms with van der Waals surface area (Å²) in [5, 5.41) is 7.60. The minimum atomic E-state index is -0.00593. The predicted molar refractivity (Wildman–Crippen MR) is 72.2 cm³/mol. The minimum absolute atomic E-state index is 0.00593. The van der Waals surface area contributed by atoms with E-state index in [1.807, 2.05) is 0 Å². The number of thiophene rings is 2. The second kappa shape index (κ2) is 4.01. The molecule has 0 bridgehead atoms. The van der Waals surface area contributed by atoms with E-state index in [0.717, 1.165) is 0 Å². The molecule has 0 saturated carbocycles. The van der Waals surface area contributed by atoms with Gasteiger partial charge in [-0.2, -0.15) is 11.3 Å². The maximum absolute atomic E-state index is 6.30. The van der Waals surface area contributed by atoms with Crippen molar-refractivity contribution in [1.29, 1.82) is 0 Å². The highest BCUT2D eigenvalue weighted by atomic mass is 32.1. The molecule has 1 nitrogen and oxygen atoms in total. The molecule has 0 aliphatic carbocycles. The summed E-state index contributed by atoms with van der Waals surface area (Å²) in [6, 6.07) is 10.6. The fourth-order valence-electron chi connectivity index (χ4n) is 1.89. The van der Waals surface area contributed by atoms with Gasteiger partial charge < -0.3 is 5.73 Å². The SMILES string of the molecule is NC(c1ccsc1)c1cccc2ccsc12. The van der Waals surface area contributed by atoms with E-state index in [4.69, 9.17) is 5.73 Å². The van der Waals surface area contributed by atoms with Crippen LogP contribution in [0, 0.1) is 0 Å². The average Bonchev–Trinajstić information content (AvgIpc) is 2.98. The van der Waals surface area contributed by atoms with Crippen molar-refractivity contribution in [3.63, 3.8) is 0 Å². The van der Waals surface area contributed by atoms with E-state index in [0.29, 0.717) is 0 Å². The van der Waals surface area contributed by atoms with Crippen molar-refractivity contribution in [2.24, 2.45) is 5.73 Å². The first kappa shape index (κ1) is 10.0. The van der Waals surface area contributed by atoms with Crippen LogP contribution >= 0.6 is 22.7 Å². The lowest BCUT2D eigenvalue weighted by molar-refractivity contribution is 0.888. The standard InChI is InChI=1S/C13H11NS2/c14-12(10-4-6-15-8-10)11-3-1-2-9-5-7-16-13(9)11/h1-8,12H,14H2. The second-order valence-electron chi connectivity index (χ2n) is 3.72. The minimum Gasteiger partial charge on any atom is -0.320 e. The smallest absolute Gasteiger partial charge is 0.0574 e. The number of benzene rings is 1. The van der Waals surface area contributed by atoms with Crippen molar-refractivity contribution in [1.82, 2.24) is 0 Å². The molecule has 0 radical (unpaired) electrons. The van der Waals surface area contributed by atoms with Crippen LogP contribution in [-0.2, 0) is 0 Å². The van der Waals surface area contributed by atoms with Gasteiger partial charge in [-0.05, 0) is 44.8 Å². The van der Waals surface area contributed by atoms with Crippen LogP contribution < -0.4 is 5.73 Å². The molecule has 0 aliphatic heterocycles. The van der Waals surface area contributed by atoms with Gasteiger partial charge in [0.1, 0.15) is 0 Å². The molecule has 80 valence electrons. The Morgan fingerprint density at radius 2 is 2.00 bits per heavy atom. The fourth-order valence-corrected chi connectivity index (χ4v) is 3.54. The normalized spacial score (nSPS) is 13.1. The third-order valence-corrected chi connectivity index (χ3v) is 4.43. The Labute approximate surface area is 102 Å². The van der Waals surface area contributed by atoms with Crippen LogP contribution in [0.15, 0.2) is 46.5 Å². The lowest BCUT2D eigenvalue weighted by Crippen LogP contribution is -2.10. The zero-order chi connectivity index (χ0) is 11.0. The molecule has 16 heavy (non-hydrogen) atoms. The molecule has 2 aromatic heterocycles. The molecule has 2 heterocycles. The van der Waals surface area contributed by atoms with Crippen molar-refractivity contribution in [3.05, 3.63) is 57.6 Å². The number of rotatable bonds is 2. The Morgan fingerprint density at radius 1 is 1.06 bits per heavy atom. The van der Waals surface area contributed by atoms with E-state index in [2.05, 4.69) is 46.5 Å². The number of nitrogens with two attached hydrogens (primary N) is 1. The summed E-state index contributed by atoms with van der Waals surface area (Å²) < 4.78 is 1.31. The summed E-state index contributed by atoms with van der Waals surface area (Å²) >= 11 is 3.46. The van der Waals surface area contributed by atoms with Gasteiger partial charge in [-0.3, -0.25) is 0 Å². The summed E-state index contributed by atoms with van der Waals surface area (Å²) in [5.41, 5.74) is 8.73. The van der Waals surface area contributed by atoms with Gasteiger partial charge in [-0.15, -0.1) is 11.3 Å². The second-order valence-corrected chi connectivity index (χ2v) is 5.42. The molecule has 3 rings (SSSR count). The van der Waals surface area contributed by atoms with Crippen LogP contribution in [0.5, 0.6) is 0 Å². The fraction of sp³-hybridized carbons (Fsp3) is 0.0769. The molecule has 3 aromatic rings. The van der Waals surface area contributed by atoms with Gasteiger partial charge in [-0.25, -0.2) is 0 Å². The van der Waals surface area contributed by atoms with Gasteiger partial charge in [0.25, 0.3) is 0 Å². The molecule has 0 amide bonds. The quantitative estimate of drug-likeness (QED) is 0.725. The largest absolute Gasteiger partial charge is 0.320 e. The van der Waals surface area contributed by atoms with E-state index < -0.39 is 0 Å². The van der Waals surface area contributed by atoms with Gasteiger partial charge in [0.2, 0.25) is 0 Å². The molecule has 1 unspecified atom stereocenters. The lowest BCUT2D eigenvalue weighted by Gasteiger charge is -2.11. The Kier molecular flexibility index (Phi) is 2.52. The number of hydrogen-bond acceptors (Lipinski definition) is 3. The Hall–Kier alpha value is -1.16. The first-order valence-corrected chi connectivity index (χ1v) is 6.92. The van der Waals surface area contributed by atoms with Gasteiger partial charge in [0.05, 0.1) is 6.04 Å². The zero-order valence-corrected chi connectivity index (χ0v) is 10.2. The van der Waals surface area contributed by atoms with Crippen molar-refractivity contribution >= 4 is 32.8 Å². The van der Waals surface area contributed by atoms with Gasteiger partial charge >= 0.3 is 0 Å². The maximum atomic E-state index is 6.30. The van der Waals surface area contributed by atoms with Crippen molar-refractivity contribution in [3.8, 4) is 0 Å². The van der Waals surface area contributed by atoms with Crippen LogP contribution in [0.2, 0.25) is 0 Å². The Balaban J connectivity index is 2.15. The number of fused-ring (bicyclic) bond motifs is 1. The molecule has 1 aromatic carbocycles. The summed E-state index contributed by atoms with van der Waals surface area (Å²) in [6.45, 7) is 0. The highest BCUT2D eigenvalue weighted by Crippen LogP contribution is 2.31. The Bertz CT molecular complexity index is 595. The molecule has 0 spiro atoms. The van der Waals surface area contributed by atoms with Crippen LogP contribution in [0.3, 0.4) is 0 Å². The molecule has 1 atom stereocenters. The monoisotopic (exact) mass is 245 g/mol. The molecular formula is C13H11NS2. The maximum Gasteiger partial charge on any atom is 0.0574 e. The van der Waals surface area contributed by atoms with Crippen molar-refractivity contribution < 1.29 is 0 Å². The van der Waals surface area contributed by atoms with Crippen LogP contribution in [0.25, 0.3) is 10.1 Å². The highest BCUT2D eigenvalue weighted by Gasteiger charge is 2.12. The van der Waals surface area contributed by atoms with Crippen LogP contribution in [0.1, 0.15) is 17.2 Å². The summed E-state index contributed by atoms with van der Waals surface area (Å²) in [5.74, 6) is 0. The molecule has 0 saturated heterocycles. The molecular weight excluding hydrogens is 234 g/mol. The van der Waals surface area contributed by atoms with Crippen LogP contribution in [0.4, 0.5) is 0 Å². The molecule has 0 fully saturated rings. The summed E-state index contributed by atoms with van der Waals surface area (Å²) in [6.07, 6.45) is 0. The topological polar surface area (TPSA) is 26.0 Å². The van der Waals surface area contributed by atoms with E-state index in [1.165, 1.54) is 21.2 Å². The van der Waals surface area contributed by atoms with Gasteiger partial charge in [-0.1, -0.05) is 18.2 Å². The molecule has 3 heteroatoms. The van der Waals surface area contributed by atoms with E-state index >= 15 is 0 Å². The lowest BCUT2D eigenvalue weighted by atomic mass is 10.0. The first-order valence-electron chi connectivity index (χ1n) is 5.10. The predicted octanol–water partition coefficient (Wildman–Crippen LogP) is 4.01. The van der Waals surface area contributed by atoms with Gasteiger partial charge in [0, 0.05) is 4.70 Å². The average molecular weight is 245 g/mol. The molecule has 2 N–H and O–H groups in total. The van der Waals surface area contributed by atoms with Gasteiger partial charge in [0.15, 0.2) is 0 Å². The summed E-state index contributed by atoms with van der Waals surface area (Å²) in [7, 11) is 0. The third kappa shape index (κ3) is 1.57. The van der Waals surface area contributed by atoms with Crippen molar-refractivity contribution in [2.75, 3.05) is 0 Å². The van der Waals surface area contributed by atoms with E-state index in [1.54, 1.807) is 22.7 Å². The Morgan fingerprint density at radius 3 is 2.81 bits per heavy atom. The van der Waals surface area contributed by atoms with E-state index in [-0.39, 0.29) is 6.04 Å². The summed E-state index contributed by atoms with van der Waals surface area (Å²) in [4.78, 5) is 0. The van der Waals surface area contributed by atoms with Crippen molar-refractivity contribution in [2.45, 2.75) is 6.04 Å². The zero-order valence-electron chi connectivity index (χ0n) is 8.59. The third-order valence-electron chi connectivity index (χ3n) is 2.75. The van der Waals surface area contributed by atoms with E-state index in [9.17, 15) is 0 Å².